The van der Waals surface area contributed by atoms with E-state index in [0.29, 0.717) is 6.54 Å². The molecule has 1 fully saturated rings. The van der Waals surface area contributed by atoms with Crippen LogP contribution in [0.15, 0.2) is 42.5 Å². The summed E-state index contributed by atoms with van der Waals surface area (Å²) in [6.07, 6.45) is 0.848. The summed E-state index contributed by atoms with van der Waals surface area (Å²) in [4.78, 5) is 14.9. The first kappa shape index (κ1) is 18.3. The van der Waals surface area contributed by atoms with Crippen molar-refractivity contribution in [2.45, 2.75) is 52.2 Å². The fourth-order valence-corrected chi connectivity index (χ4v) is 3.72. The van der Waals surface area contributed by atoms with Gasteiger partial charge in [-0.3, -0.25) is 4.79 Å². The number of benzene rings is 2. The third-order valence-electron chi connectivity index (χ3n) is 6.15. The molecule has 2 aromatic carbocycles. The molecule has 0 saturated carbocycles. The van der Waals surface area contributed by atoms with Gasteiger partial charge in [-0.15, -0.1) is 0 Å². The number of amides is 1. The van der Waals surface area contributed by atoms with Crippen LogP contribution in [-0.2, 0) is 15.7 Å². The molecule has 4 nitrogen and oxygen atoms in total. The maximum absolute atomic E-state index is 13.0. The summed E-state index contributed by atoms with van der Waals surface area (Å²) in [5.74, 6) is 0.0650. The molecule has 0 unspecified atom stereocenters. The van der Waals surface area contributed by atoms with Crippen LogP contribution in [0, 0.1) is 6.92 Å². The van der Waals surface area contributed by atoms with E-state index in [1.165, 1.54) is 5.56 Å². The highest BCUT2D eigenvalue weighted by Gasteiger charge is 2.51. The Labute approximate surface area is 161 Å². The van der Waals surface area contributed by atoms with Crippen LogP contribution in [0.4, 0.5) is 5.69 Å². The quantitative estimate of drug-likeness (QED) is 0.767. The fourth-order valence-electron chi connectivity index (χ4n) is 3.72. The highest BCUT2D eigenvalue weighted by Crippen LogP contribution is 2.37. The van der Waals surface area contributed by atoms with Gasteiger partial charge in [0, 0.05) is 17.8 Å². The number of carbonyl (C=O) groups excluding carboxylic acids is 1. The van der Waals surface area contributed by atoms with Gasteiger partial charge in [0.05, 0.1) is 11.2 Å². The van der Waals surface area contributed by atoms with Gasteiger partial charge in [0.25, 0.3) is 5.91 Å². The maximum atomic E-state index is 13.0. The number of anilines is 1. The lowest BCUT2D eigenvalue weighted by Crippen LogP contribution is -2.41. The van der Waals surface area contributed by atoms with Gasteiger partial charge in [-0.25, -0.2) is 0 Å². The van der Waals surface area contributed by atoms with Gasteiger partial charge in [0.1, 0.15) is 0 Å². The Morgan fingerprint density at radius 2 is 1.70 bits per heavy atom. The third-order valence-corrected chi connectivity index (χ3v) is 6.15. The summed E-state index contributed by atoms with van der Waals surface area (Å²) in [7, 11) is -0.374. The number of carbonyl (C=O) groups is 1. The molecule has 0 radical (unpaired) electrons. The Balaban J connectivity index is 1.60. The summed E-state index contributed by atoms with van der Waals surface area (Å²) in [6.45, 7) is 10.9. The van der Waals surface area contributed by atoms with Crippen molar-refractivity contribution in [3.05, 3.63) is 59.2 Å². The molecule has 2 aliphatic heterocycles. The van der Waals surface area contributed by atoms with Crippen LogP contribution in [0.2, 0.25) is 0 Å². The maximum Gasteiger partial charge on any atom is 0.494 e. The van der Waals surface area contributed by atoms with Gasteiger partial charge < -0.3 is 14.2 Å². The number of nitrogens with zero attached hydrogens (tertiary/aromatic N) is 1. The lowest BCUT2D eigenvalue weighted by atomic mass is 9.78. The van der Waals surface area contributed by atoms with E-state index in [1.807, 2.05) is 48.2 Å². The molecular weight excluding hydrogens is 337 g/mol. The molecule has 0 atom stereocenters. The van der Waals surface area contributed by atoms with E-state index < -0.39 is 0 Å². The van der Waals surface area contributed by atoms with Crippen molar-refractivity contribution < 1.29 is 14.1 Å². The summed E-state index contributed by atoms with van der Waals surface area (Å²) < 4.78 is 12.3. The molecule has 1 saturated heterocycles. The van der Waals surface area contributed by atoms with Gasteiger partial charge in [0.15, 0.2) is 0 Å². The molecule has 2 aromatic rings. The van der Waals surface area contributed by atoms with E-state index in [2.05, 4.69) is 33.8 Å². The Hall–Kier alpha value is -2.11. The zero-order valence-corrected chi connectivity index (χ0v) is 16.7. The molecule has 1 amide bonds. The first-order valence-electron chi connectivity index (χ1n) is 9.55. The molecule has 0 bridgehead atoms. The van der Waals surface area contributed by atoms with Crippen molar-refractivity contribution in [3.8, 4) is 0 Å². The van der Waals surface area contributed by atoms with E-state index in [-0.39, 0.29) is 24.2 Å². The van der Waals surface area contributed by atoms with E-state index in [0.717, 1.165) is 28.7 Å². The highest BCUT2D eigenvalue weighted by molar-refractivity contribution is 6.62. The molecule has 4 rings (SSSR count). The van der Waals surface area contributed by atoms with Gasteiger partial charge >= 0.3 is 7.12 Å². The van der Waals surface area contributed by atoms with Crippen molar-refractivity contribution in [1.82, 2.24) is 0 Å². The van der Waals surface area contributed by atoms with Crippen LogP contribution in [0.3, 0.4) is 0 Å². The lowest BCUT2D eigenvalue weighted by Gasteiger charge is -2.32. The number of aryl methyl sites for hydroxylation is 1. The number of hydrogen-bond donors (Lipinski definition) is 0. The van der Waals surface area contributed by atoms with Crippen LogP contribution >= 0.6 is 0 Å². The average Bonchev–Trinajstić information content (AvgIpc) is 3.12. The molecule has 0 spiro atoms. The topological polar surface area (TPSA) is 38.8 Å². The van der Waals surface area contributed by atoms with Crippen LogP contribution < -0.4 is 10.4 Å². The standard InChI is InChI=1S/C22H26BNO3/c1-15-8-6-7-9-18(15)20(25)24-13-12-16-14-17(10-11-19(16)24)23-26-21(2,3)22(4,5)27-23/h6-11,14H,12-13H2,1-5H3. The Kier molecular flexibility index (Phi) is 4.20. The zero-order chi connectivity index (χ0) is 19.4. The minimum Gasteiger partial charge on any atom is -0.399 e. The van der Waals surface area contributed by atoms with Crippen LogP contribution in [-0.4, -0.2) is 30.8 Å². The number of rotatable bonds is 2. The smallest absolute Gasteiger partial charge is 0.399 e. The molecule has 2 aliphatic rings. The zero-order valence-electron chi connectivity index (χ0n) is 16.7. The van der Waals surface area contributed by atoms with Gasteiger partial charge in [0.2, 0.25) is 0 Å². The van der Waals surface area contributed by atoms with Crippen LogP contribution in [0.25, 0.3) is 0 Å². The molecule has 5 heteroatoms. The van der Waals surface area contributed by atoms with E-state index >= 15 is 0 Å². The molecule has 0 aromatic heterocycles. The van der Waals surface area contributed by atoms with Crippen LogP contribution in [0.1, 0.15) is 49.2 Å². The van der Waals surface area contributed by atoms with Gasteiger partial charge in [-0.1, -0.05) is 30.3 Å². The van der Waals surface area contributed by atoms with Crippen LogP contribution in [0.5, 0.6) is 0 Å². The highest BCUT2D eigenvalue weighted by atomic mass is 16.7. The minimum absolute atomic E-state index is 0.0650. The van der Waals surface area contributed by atoms with E-state index in [1.54, 1.807) is 0 Å². The second kappa shape index (κ2) is 6.21. The first-order chi connectivity index (χ1) is 12.7. The summed E-state index contributed by atoms with van der Waals surface area (Å²) in [6, 6.07) is 13.9. The van der Waals surface area contributed by atoms with E-state index in [9.17, 15) is 4.79 Å². The third kappa shape index (κ3) is 2.99. The van der Waals surface area contributed by atoms with Crippen molar-refractivity contribution in [1.29, 1.82) is 0 Å². The second-order valence-corrected chi connectivity index (χ2v) is 8.50. The predicted octanol–water partition coefficient (Wildman–Crippen LogP) is 3.50. The summed E-state index contributed by atoms with van der Waals surface area (Å²) in [5.41, 5.74) is 4.22. The van der Waals surface area contributed by atoms with Crippen molar-refractivity contribution >= 4 is 24.2 Å². The SMILES string of the molecule is Cc1ccccc1C(=O)N1CCc2cc(B3OC(C)(C)C(C)(C)O3)ccc21. The average molecular weight is 363 g/mol. The lowest BCUT2D eigenvalue weighted by molar-refractivity contribution is 0.00578. The van der Waals surface area contributed by atoms with Gasteiger partial charge in [-0.2, -0.15) is 0 Å². The normalized spacial score (nSPS) is 20.0. The molecule has 140 valence electrons. The number of fused-ring (bicyclic) bond motifs is 1. The Morgan fingerprint density at radius 1 is 1.04 bits per heavy atom. The molecule has 27 heavy (non-hydrogen) atoms. The van der Waals surface area contributed by atoms with Crippen molar-refractivity contribution in [3.63, 3.8) is 0 Å². The van der Waals surface area contributed by atoms with Crippen molar-refractivity contribution in [2.75, 3.05) is 11.4 Å². The predicted molar refractivity (Wildman–Crippen MR) is 109 cm³/mol. The summed E-state index contributed by atoms with van der Waals surface area (Å²) >= 11 is 0. The Bertz CT molecular complexity index is 890. The van der Waals surface area contributed by atoms with Crippen molar-refractivity contribution in [2.24, 2.45) is 0 Å². The van der Waals surface area contributed by atoms with Gasteiger partial charge in [-0.05, 0) is 69.8 Å². The van der Waals surface area contributed by atoms with E-state index in [4.69, 9.17) is 9.31 Å². The molecular formula is C22H26BNO3. The second-order valence-electron chi connectivity index (χ2n) is 8.50. The molecule has 2 heterocycles. The first-order valence-corrected chi connectivity index (χ1v) is 9.55. The number of hydrogen-bond acceptors (Lipinski definition) is 3. The Morgan fingerprint density at radius 3 is 2.37 bits per heavy atom. The fraction of sp³-hybridized carbons (Fsp3) is 0.409. The molecule has 0 N–H and O–H groups in total. The summed E-state index contributed by atoms with van der Waals surface area (Å²) in [5, 5.41) is 0. The minimum atomic E-state index is -0.374. The molecule has 0 aliphatic carbocycles. The monoisotopic (exact) mass is 363 g/mol. The largest absolute Gasteiger partial charge is 0.494 e.